The normalized spacial score (nSPS) is 47.2. The molecule has 10 aliphatic heterocycles. The van der Waals surface area contributed by atoms with Gasteiger partial charge in [0.05, 0.1) is 77.7 Å². The van der Waals surface area contributed by atoms with E-state index in [4.69, 9.17) is 90.0 Å². The van der Waals surface area contributed by atoms with Gasteiger partial charge in [0, 0.05) is 27.2 Å². The number of aliphatic carboxylic acids is 1. The Morgan fingerprint density at radius 1 is 0.376 bits per heavy atom. The molecule has 0 aromatic carbocycles. The Hall–Kier alpha value is -4.66. The molecule has 0 aromatic heterocycles. The number of hydrogen-bond acceptors (Lipinski definition) is 55. The van der Waals surface area contributed by atoms with E-state index >= 15 is 0 Å². The molecule has 0 bridgehead atoms. The van der Waals surface area contributed by atoms with Crippen molar-refractivity contribution in [2.24, 2.45) is 0 Å². The van der Waals surface area contributed by atoms with Gasteiger partial charge in [-0.05, 0) is 6.92 Å². The van der Waals surface area contributed by atoms with Crippen LogP contribution in [0.3, 0.4) is 0 Å². The van der Waals surface area contributed by atoms with Crippen LogP contribution in [0.2, 0.25) is 0 Å². The SMILES string of the molecule is CC(=O)N[C@H]1[C@H](O[C@H]2[C@H](O)[C@@H](NC(C)=O)C(O)O[C@@H]2CO[C@@H]2O[C@@H](C)[C@@H](O)[C@@H](O)[C@@H]2O)O[C@H](CO)[C@@H](O[C@@H]2O[C@H](CO[C@H]3O[C@H](CO)[C@@H](O)[C@H](O[C@H]4O[C@H](CO)[C@@H](O)[C@H](O)[C@@H]4O)[C@@H]3O)[C@@H](O)[C@H](O[C@H]3O[C@H](CO)[C@@H](O)[C@H](O)[C@@H]3O[C@@H]3O[C@H](COS(=O)(=O)O)[C@@H](O[C@@H]4O[C@H](CO)[C@H](O)[C@H](O[C@]5(C(=O)O)C[C@H](O)[C@@H](NC(=O)CO)[C@H]([C@H](O)[C@H](O)CO)O5)[C@H]4O)[C@H](O)[C@H]3NC(C)=O)[C@@H]2O)[C@@H]1O. The first-order valence-corrected chi connectivity index (χ1v) is 42.8. The first kappa shape index (κ1) is 110. The highest BCUT2D eigenvalue weighted by molar-refractivity contribution is 7.80. The second-order valence-corrected chi connectivity index (χ2v) is 34.1. The number of aliphatic hydroxyl groups excluding tert-OH is 28. The molecule has 0 saturated carbocycles. The molecule has 0 radical (unpaired) electrons. The summed E-state index contributed by atoms with van der Waals surface area (Å²) >= 11 is 0. The summed E-state index contributed by atoms with van der Waals surface area (Å²) in [6.45, 7) is -8.62. The van der Waals surface area contributed by atoms with Gasteiger partial charge < -0.3 is 259 Å². The van der Waals surface area contributed by atoms with E-state index in [0.717, 1.165) is 20.8 Å². The van der Waals surface area contributed by atoms with Crippen LogP contribution in [-0.2, 0) is 129 Å². The van der Waals surface area contributed by atoms with E-state index in [1.807, 2.05) is 5.32 Å². The van der Waals surface area contributed by atoms with Crippen molar-refractivity contribution >= 4 is 40.0 Å². The minimum atomic E-state index is -5.71. The Labute approximate surface area is 750 Å². The highest BCUT2D eigenvalue weighted by Crippen LogP contribution is 2.43. The van der Waals surface area contributed by atoms with Gasteiger partial charge in [0.15, 0.2) is 56.6 Å². The summed E-state index contributed by atoms with van der Waals surface area (Å²) in [6.07, 6.45) is -105. The maximum atomic E-state index is 13.4. The lowest BCUT2D eigenvalue weighted by Gasteiger charge is -2.51. The molecule has 0 spiro atoms. The average molecular weight is 1970 g/mol. The highest BCUT2D eigenvalue weighted by atomic mass is 32.3. The minimum Gasteiger partial charge on any atom is -0.477 e. The lowest BCUT2D eigenvalue weighted by atomic mass is 9.88. The maximum Gasteiger partial charge on any atom is 0.397 e. The fourth-order valence-corrected chi connectivity index (χ4v) is 16.9. The molecule has 1 unspecified atom stereocenters. The number of ether oxygens (including phenoxy) is 19. The van der Waals surface area contributed by atoms with Crippen molar-refractivity contribution in [3.05, 3.63) is 0 Å². The second kappa shape index (κ2) is 47.3. The Morgan fingerprint density at radius 2 is 0.752 bits per heavy atom. The van der Waals surface area contributed by atoms with Crippen molar-refractivity contribution in [1.82, 2.24) is 21.3 Å². The molecule has 10 fully saturated rings. The van der Waals surface area contributed by atoms with Crippen LogP contribution in [-0.4, -0.2) is 569 Å². The lowest BCUT2D eigenvalue weighted by molar-refractivity contribution is -0.400. The Morgan fingerprint density at radius 3 is 1.26 bits per heavy atom. The van der Waals surface area contributed by atoms with Gasteiger partial charge in [-0.2, -0.15) is 8.42 Å². The molecule has 10 aliphatic rings. The third-order valence-electron chi connectivity index (χ3n) is 23.7. The summed E-state index contributed by atoms with van der Waals surface area (Å²) in [5.41, 5.74) is 0. The van der Waals surface area contributed by atoms with Crippen molar-refractivity contribution in [3.63, 3.8) is 0 Å². The number of carboxylic acid groups (broad SMARTS) is 1. The van der Waals surface area contributed by atoms with Crippen molar-refractivity contribution < 1.29 is 279 Å². The summed E-state index contributed by atoms with van der Waals surface area (Å²) in [7, 11) is -5.71. The van der Waals surface area contributed by atoms with E-state index in [1.165, 1.54) is 6.92 Å². The predicted molar refractivity (Wildman–Crippen MR) is 404 cm³/mol. The summed E-state index contributed by atoms with van der Waals surface area (Å²) in [4.78, 5) is 64.8. The number of hydrogen-bond donors (Lipinski definition) is 34. The largest absolute Gasteiger partial charge is 0.477 e. The predicted octanol–water partition coefficient (Wildman–Crippen LogP) is -23.2. The quantitative estimate of drug-likeness (QED) is 0.0257. The minimum absolute atomic E-state index is 0.773. The molecule has 10 heterocycles. The topological polar surface area (TPSA) is 959 Å². The number of amides is 4. The van der Waals surface area contributed by atoms with Gasteiger partial charge in [0.25, 0.3) is 5.79 Å². The maximum absolute atomic E-state index is 13.4. The monoisotopic (exact) mass is 1970 g/mol. The Bertz CT molecular complexity index is 3830. The fourth-order valence-electron chi connectivity index (χ4n) is 16.6. The van der Waals surface area contributed by atoms with Crippen LogP contribution < -0.4 is 21.3 Å². The molecule has 10 saturated heterocycles. The number of carboxylic acids is 1. The zero-order chi connectivity index (χ0) is 98.5. The zero-order valence-corrected chi connectivity index (χ0v) is 71.3. The van der Waals surface area contributed by atoms with Crippen molar-refractivity contribution in [2.75, 3.05) is 66.1 Å². The highest BCUT2D eigenvalue weighted by Gasteiger charge is 2.64. The van der Waals surface area contributed by atoms with E-state index in [-0.39, 0.29) is 0 Å². The van der Waals surface area contributed by atoms with Crippen LogP contribution in [0.1, 0.15) is 34.1 Å². The molecule has 770 valence electrons. The van der Waals surface area contributed by atoms with Crippen LogP contribution in [0.5, 0.6) is 0 Å². The summed E-state index contributed by atoms with van der Waals surface area (Å²) in [6, 6.07) is -8.17. The number of aliphatic hydroxyl groups is 28. The standard InChI is InChI=1S/C71H118N4O57S/c1-16-35(89)45(99)48(102)64(116-16)114-14-28-54(42(96)32(61(107)117-28)72-17(2)83)125-62-33(73-18(3)84)43(97)53(26(11-81)122-62)126-67-51(105)58(41(95)27(123-67)13-113-65-50(104)57(39(93)24(9-79)118-65)128-66-49(103)46(100)37(91)22(7-77)119-66)129-69-60(47(101)38(92)23(8-78)121-69)130-63-34(74-19(4)85)44(98)55(29(124-63)15-115-133(110,111)112)127-68-52(106)59(40(94)25(10-80)120-68)132-71(70(108)109)5-20(86)31(75-30(88)12-82)56(131-71)36(90)21(87)6-76/h16,20-29,31-69,76-82,86-87,89-107H,5-15H2,1-4H3,(H,72,83)(H,73,84)(H,74,85)(H,75,88)(H,108,109)(H,110,111,112)/t16-,20-,21+,22+,23+,24+,25+,26+,27+,28+,29+,31+,32+,33+,34+,35+,36+,37+,38+,39+,40-,41+,42+,43+,44+,45+,46-,47-,48-,49-,50-,51-,52+,53+,54+,55+,56+,57-,58-,59-,60-,61?,62-,63-,64+,65-,66+,67-,68-,69+,71-/m0/s1. The third kappa shape index (κ3) is 25.1. The van der Waals surface area contributed by atoms with Gasteiger partial charge in [-0.25, -0.2) is 8.98 Å². The van der Waals surface area contributed by atoms with Gasteiger partial charge in [-0.3, -0.25) is 23.7 Å². The molecule has 0 aromatic rings. The molecule has 34 N–H and O–H groups in total. The number of carbonyl (C=O) groups is 5. The molecule has 4 amide bonds. The Kier molecular flexibility index (Phi) is 39.2. The van der Waals surface area contributed by atoms with Gasteiger partial charge in [-0.1, -0.05) is 0 Å². The number of nitrogens with one attached hydrogen (secondary N) is 4. The third-order valence-corrected chi connectivity index (χ3v) is 24.1. The van der Waals surface area contributed by atoms with E-state index in [9.17, 15) is 185 Å². The molecule has 10 rings (SSSR count). The second-order valence-electron chi connectivity index (χ2n) is 33.0. The van der Waals surface area contributed by atoms with Gasteiger partial charge >= 0.3 is 16.4 Å². The van der Waals surface area contributed by atoms with Crippen LogP contribution in [0.4, 0.5) is 0 Å². The molecule has 0 aliphatic carbocycles. The molecule has 62 heteroatoms. The van der Waals surface area contributed by atoms with Crippen LogP contribution in [0.25, 0.3) is 0 Å². The first-order valence-electron chi connectivity index (χ1n) is 41.5. The molecule has 51 atom stereocenters. The lowest BCUT2D eigenvalue weighted by Crippen LogP contribution is -2.71. The van der Waals surface area contributed by atoms with Gasteiger partial charge in [0.2, 0.25) is 23.6 Å². The molecular weight excluding hydrogens is 1850 g/mol. The fraction of sp³-hybridized carbons (Fsp3) is 0.930. The van der Waals surface area contributed by atoms with E-state index in [1.54, 1.807) is 0 Å². The summed E-state index contributed by atoms with van der Waals surface area (Å²) < 4.78 is 151. The summed E-state index contributed by atoms with van der Waals surface area (Å²) in [5.74, 6) is -10.1. The van der Waals surface area contributed by atoms with E-state index in [2.05, 4.69) is 20.1 Å². The van der Waals surface area contributed by atoms with Crippen molar-refractivity contribution in [1.29, 1.82) is 0 Å². The van der Waals surface area contributed by atoms with Crippen LogP contribution >= 0.6 is 0 Å². The number of rotatable bonds is 37. The van der Waals surface area contributed by atoms with Crippen LogP contribution in [0, 0.1) is 0 Å². The zero-order valence-electron chi connectivity index (χ0n) is 70.5. The first-order chi connectivity index (χ1) is 62.5. The van der Waals surface area contributed by atoms with E-state index in [0.29, 0.717) is 0 Å². The smallest absolute Gasteiger partial charge is 0.397 e. The van der Waals surface area contributed by atoms with E-state index < -0.39 is 425 Å². The summed E-state index contributed by atoms with van der Waals surface area (Å²) in [5, 5.41) is 332. The average Bonchev–Trinajstić information content (AvgIpc) is 0.768. The molecule has 61 nitrogen and oxygen atoms in total. The van der Waals surface area contributed by atoms with Crippen molar-refractivity contribution in [2.45, 2.75) is 347 Å². The van der Waals surface area contributed by atoms with Gasteiger partial charge in [-0.15, -0.1) is 0 Å². The van der Waals surface area contributed by atoms with Crippen LogP contribution in [0.15, 0.2) is 0 Å². The van der Waals surface area contributed by atoms with Gasteiger partial charge in [0.1, 0.15) is 238 Å². The Balaban J connectivity index is 0.981. The molecular formula is C71H118N4O57S. The number of carbonyl (C=O) groups excluding carboxylic acids is 4. The van der Waals surface area contributed by atoms with Crippen molar-refractivity contribution in [3.8, 4) is 0 Å². The molecule has 133 heavy (non-hydrogen) atoms.